The molecule has 1 N–H and O–H groups in total. The molecule has 0 saturated carbocycles. The van der Waals surface area contributed by atoms with E-state index in [0.717, 1.165) is 45.7 Å². The van der Waals surface area contributed by atoms with Gasteiger partial charge in [0, 0.05) is 31.4 Å². The monoisotopic (exact) mass is 420 g/mol. The highest BCUT2D eigenvalue weighted by Gasteiger charge is 2.20. The minimum absolute atomic E-state index is 0.254. The zero-order valence-corrected chi connectivity index (χ0v) is 18.6. The van der Waals surface area contributed by atoms with Crippen LogP contribution in [0.4, 0.5) is 5.69 Å². The molecule has 0 bridgehead atoms. The molecule has 31 heavy (non-hydrogen) atoms. The maximum Gasteiger partial charge on any atom is 0.242 e. The van der Waals surface area contributed by atoms with Crippen molar-refractivity contribution in [2.24, 2.45) is 7.05 Å². The first kappa shape index (κ1) is 20.8. The Hall–Kier alpha value is -3.49. The largest absolute Gasteiger partial charge is 0.476 e. The highest BCUT2D eigenvalue weighted by molar-refractivity contribution is 5.93. The van der Waals surface area contributed by atoms with E-state index in [2.05, 4.69) is 39.1 Å². The molecule has 1 atom stereocenters. The number of anilines is 1. The summed E-state index contributed by atoms with van der Waals surface area (Å²) < 4.78 is 9.57. The predicted octanol–water partition coefficient (Wildman–Crippen LogP) is 3.91. The second-order valence-electron chi connectivity index (χ2n) is 7.60. The van der Waals surface area contributed by atoms with Gasteiger partial charge in [0.05, 0.1) is 41.6 Å². The van der Waals surface area contributed by atoms with Crippen molar-refractivity contribution in [1.29, 1.82) is 0 Å². The van der Waals surface area contributed by atoms with Gasteiger partial charge in [-0.1, -0.05) is 6.92 Å². The lowest BCUT2D eigenvalue weighted by Crippen LogP contribution is -2.09. The number of aromatic nitrogens is 7. The lowest BCUT2D eigenvalue weighted by molar-refractivity contribution is 0.324. The first-order valence-electron chi connectivity index (χ1n) is 10.6. The number of nitrogens with one attached hydrogen (secondary N) is 1. The summed E-state index contributed by atoms with van der Waals surface area (Å²) in [5.74, 6) is 0.474. The lowest BCUT2D eigenvalue weighted by Gasteiger charge is -2.16. The minimum atomic E-state index is 0.254. The first-order valence-corrected chi connectivity index (χ1v) is 10.6. The smallest absolute Gasteiger partial charge is 0.242 e. The second-order valence-corrected chi connectivity index (χ2v) is 7.60. The van der Waals surface area contributed by atoms with Crippen molar-refractivity contribution < 1.29 is 4.74 Å². The van der Waals surface area contributed by atoms with Gasteiger partial charge in [-0.25, -0.2) is 4.98 Å². The molecule has 0 aliphatic heterocycles. The Kier molecular flexibility index (Phi) is 5.83. The molecule has 0 fully saturated rings. The third-order valence-corrected chi connectivity index (χ3v) is 5.32. The Balaban J connectivity index is 1.87. The maximum atomic E-state index is 5.70. The SMILES string of the molecule is CCOc1nnccc1-c1cc(NCc2cnn(C)c2)c2c(n1)c(C)nn2C(C)CC. The highest BCUT2D eigenvalue weighted by Crippen LogP contribution is 2.34. The molecule has 0 aliphatic rings. The van der Waals surface area contributed by atoms with Crippen LogP contribution < -0.4 is 10.1 Å². The second kappa shape index (κ2) is 8.71. The van der Waals surface area contributed by atoms with Crippen LogP contribution in [0.1, 0.15) is 44.5 Å². The van der Waals surface area contributed by atoms with Gasteiger partial charge < -0.3 is 10.1 Å². The summed E-state index contributed by atoms with van der Waals surface area (Å²) in [6.45, 7) is 9.40. The number of nitrogens with zero attached hydrogens (tertiary/aromatic N) is 7. The van der Waals surface area contributed by atoms with Gasteiger partial charge >= 0.3 is 0 Å². The predicted molar refractivity (Wildman–Crippen MR) is 120 cm³/mol. The highest BCUT2D eigenvalue weighted by atomic mass is 16.5. The van der Waals surface area contributed by atoms with Crippen LogP contribution in [0, 0.1) is 6.92 Å². The van der Waals surface area contributed by atoms with Crippen molar-refractivity contribution >= 4 is 16.7 Å². The third kappa shape index (κ3) is 4.08. The average Bonchev–Trinajstić information content (AvgIpc) is 3.35. The lowest BCUT2D eigenvalue weighted by atomic mass is 10.1. The van der Waals surface area contributed by atoms with Gasteiger partial charge in [-0.05, 0) is 39.3 Å². The van der Waals surface area contributed by atoms with Crippen molar-refractivity contribution in [3.63, 3.8) is 0 Å². The molecular formula is C22H28N8O. The molecule has 9 heteroatoms. The summed E-state index contributed by atoms with van der Waals surface area (Å²) in [5.41, 5.74) is 6.39. The van der Waals surface area contributed by atoms with Crippen molar-refractivity contribution in [3.05, 3.63) is 42.0 Å². The number of ether oxygens (including phenoxy) is 1. The Labute approximate surface area is 181 Å². The summed E-state index contributed by atoms with van der Waals surface area (Å²) in [6.07, 6.45) is 6.50. The van der Waals surface area contributed by atoms with Gasteiger partial charge in [0.25, 0.3) is 0 Å². The molecule has 4 aromatic heterocycles. The van der Waals surface area contributed by atoms with Crippen molar-refractivity contribution in [2.75, 3.05) is 11.9 Å². The molecular weight excluding hydrogens is 392 g/mol. The molecule has 0 saturated heterocycles. The number of fused-ring (bicyclic) bond motifs is 1. The van der Waals surface area contributed by atoms with E-state index in [1.54, 1.807) is 10.9 Å². The number of hydrogen-bond donors (Lipinski definition) is 1. The van der Waals surface area contributed by atoms with Crippen molar-refractivity contribution in [3.8, 4) is 17.1 Å². The molecule has 0 amide bonds. The molecule has 4 heterocycles. The van der Waals surface area contributed by atoms with Gasteiger partial charge in [0.1, 0.15) is 11.0 Å². The molecule has 0 aromatic carbocycles. The standard InChI is InChI=1S/C22H28N8O/c1-6-14(3)30-21-19(23-11-16-12-25-29(5)13-16)10-18(26-20(21)15(4)28-30)17-8-9-24-27-22(17)31-7-2/h8-10,12-14H,6-7,11H2,1-5H3,(H,23,26). The van der Waals surface area contributed by atoms with Gasteiger partial charge in [0.15, 0.2) is 0 Å². The van der Waals surface area contributed by atoms with E-state index in [4.69, 9.17) is 14.8 Å². The van der Waals surface area contributed by atoms with Crippen LogP contribution in [0.3, 0.4) is 0 Å². The molecule has 1 unspecified atom stereocenters. The van der Waals surface area contributed by atoms with E-state index in [1.165, 1.54) is 0 Å². The fourth-order valence-electron chi connectivity index (χ4n) is 3.56. The quantitative estimate of drug-likeness (QED) is 0.462. The van der Waals surface area contributed by atoms with Crippen LogP contribution in [0.15, 0.2) is 30.7 Å². The van der Waals surface area contributed by atoms with E-state index >= 15 is 0 Å². The first-order chi connectivity index (χ1) is 15.0. The van der Waals surface area contributed by atoms with Crippen LogP contribution in [0.2, 0.25) is 0 Å². The van der Waals surface area contributed by atoms with E-state index in [1.807, 2.05) is 45.4 Å². The fourth-order valence-corrected chi connectivity index (χ4v) is 3.56. The molecule has 4 aromatic rings. The van der Waals surface area contributed by atoms with Crippen molar-refractivity contribution in [2.45, 2.75) is 46.7 Å². The van der Waals surface area contributed by atoms with Crippen LogP contribution in [-0.2, 0) is 13.6 Å². The summed E-state index contributed by atoms with van der Waals surface area (Å²) in [7, 11) is 1.92. The maximum absolute atomic E-state index is 5.70. The number of rotatable bonds is 8. The van der Waals surface area contributed by atoms with Gasteiger partial charge in [-0.15, -0.1) is 5.10 Å². The van der Waals surface area contributed by atoms with Crippen LogP contribution in [0.5, 0.6) is 5.88 Å². The number of pyridine rings is 1. The Morgan fingerprint density at radius 3 is 2.81 bits per heavy atom. The van der Waals surface area contributed by atoms with Crippen LogP contribution in [0.25, 0.3) is 22.3 Å². The van der Waals surface area contributed by atoms with Crippen LogP contribution in [-0.4, -0.2) is 41.3 Å². The van der Waals surface area contributed by atoms with Crippen molar-refractivity contribution in [1.82, 2.24) is 34.7 Å². The average molecular weight is 421 g/mol. The van der Waals surface area contributed by atoms with Gasteiger partial charge in [0.2, 0.25) is 5.88 Å². The zero-order chi connectivity index (χ0) is 22.0. The molecule has 0 aliphatic carbocycles. The Morgan fingerprint density at radius 1 is 1.26 bits per heavy atom. The van der Waals surface area contributed by atoms with E-state index in [-0.39, 0.29) is 6.04 Å². The van der Waals surface area contributed by atoms with E-state index < -0.39 is 0 Å². The number of hydrogen-bond acceptors (Lipinski definition) is 7. The van der Waals surface area contributed by atoms with E-state index in [0.29, 0.717) is 19.0 Å². The topological polar surface area (TPSA) is 95.6 Å². The van der Waals surface area contributed by atoms with Gasteiger partial charge in [-0.2, -0.15) is 15.3 Å². The molecule has 0 radical (unpaired) electrons. The van der Waals surface area contributed by atoms with Crippen LogP contribution >= 0.6 is 0 Å². The molecule has 4 rings (SSSR count). The van der Waals surface area contributed by atoms with E-state index in [9.17, 15) is 0 Å². The molecule has 0 spiro atoms. The summed E-state index contributed by atoms with van der Waals surface area (Å²) in [6, 6.07) is 4.17. The summed E-state index contributed by atoms with van der Waals surface area (Å²) in [5, 5.41) is 20.8. The third-order valence-electron chi connectivity index (χ3n) is 5.32. The number of aryl methyl sites for hydroxylation is 2. The zero-order valence-electron chi connectivity index (χ0n) is 18.6. The molecule has 162 valence electrons. The summed E-state index contributed by atoms with van der Waals surface area (Å²) >= 11 is 0. The minimum Gasteiger partial charge on any atom is -0.476 e. The summed E-state index contributed by atoms with van der Waals surface area (Å²) in [4.78, 5) is 4.96. The van der Waals surface area contributed by atoms with Gasteiger partial charge in [-0.3, -0.25) is 9.36 Å². The fraction of sp³-hybridized carbons (Fsp3) is 0.409. The normalized spacial score (nSPS) is 12.3. The Bertz CT molecular complexity index is 1200. The Morgan fingerprint density at radius 2 is 2.10 bits per heavy atom. The molecule has 9 nitrogen and oxygen atoms in total.